The molecule has 0 radical (unpaired) electrons. The molecule has 2 unspecified atom stereocenters. The predicted molar refractivity (Wildman–Crippen MR) is 57.8 cm³/mol. The highest BCUT2D eigenvalue weighted by Crippen LogP contribution is 2.03. The quantitative estimate of drug-likeness (QED) is 0.732. The molecule has 90 valence electrons. The maximum Gasteiger partial charge on any atom is 0.213 e. The Morgan fingerprint density at radius 2 is 2.62 bits per heavy atom. The molecule has 1 aliphatic heterocycles. The molecule has 6 heteroatoms. The highest BCUT2D eigenvalue weighted by molar-refractivity contribution is 4.80. The highest BCUT2D eigenvalue weighted by atomic mass is 16.5. The van der Waals surface area contributed by atoms with Gasteiger partial charge >= 0.3 is 0 Å². The van der Waals surface area contributed by atoms with Crippen molar-refractivity contribution in [3.63, 3.8) is 0 Å². The SMILES string of the molecule is CC(CC1COCCN1)NCc1ncon1. The van der Waals surface area contributed by atoms with E-state index in [-0.39, 0.29) is 0 Å². The van der Waals surface area contributed by atoms with Crippen molar-refractivity contribution in [3.8, 4) is 0 Å². The maximum atomic E-state index is 5.40. The van der Waals surface area contributed by atoms with E-state index in [0.29, 0.717) is 24.5 Å². The second-order valence-corrected chi connectivity index (χ2v) is 4.09. The number of hydrogen-bond acceptors (Lipinski definition) is 6. The van der Waals surface area contributed by atoms with Crippen molar-refractivity contribution >= 4 is 0 Å². The minimum atomic E-state index is 0.401. The van der Waals surface area contributed by atoms with Crippen molar-refractivity contribution in [1.82, 2.24) is 20.8 Å². The predicted octanol–water partition coefficient (Wildman–Crippen LogP) is -0.0738. The van der Waals surface area contributed by atoms with Crippen LogP contribution in [0.5, 0.6) is 0 Å². The van der Waals surface area contributed by atoms with Crippen LogP contribution in [0.15, 0.2) is 10.9 Å². The van der Waals surface area contributed by atoms with Crippen LogP contribution in [-0.4, -0.2) is 42.0 Å². The first-order chi connectivity index (χ1) is 7.84. The average molecular weight is 226 g/mol. The summed E-state index contributed by atoms with van der Waals surface area (Å²) >= 11 is 0. The van der Waals surface area contributed by atoms with Gasteiger partial charge in [-0.15, -0.1) is 0 Å². The van der Waals surface area contributed by atoms with Gasteiger partial charge < -0.3 is 19.9 Å². The lowest BCUT2D eigenvalue weighted by Gasteiger charge is -2.26. The van der Waals surface area contributed by atoms with Crippen LogP contribution in [0, 0.1) is 0 Å². The zero-order valence-corrected chi connectivity index (χ0v) is 9.48. The Morgan fingerprint density at radius 1 is 1.69 bits per heavy atom. The molecule has 2 atom stereocenters. The summed E-state index contributed by atoms with van der Waals surface area (Å²) in [5, 5.41) is 10.5. The van der Waals surface area contributed by atoms with Gasteiger partial charge in [-0.2, -0.15) is 4.98 Å². The molecule has 6 nitrogen and oxygen atoms in total. The molecule has 2 heterocycles. The summed E-state index contributed by atoms with van der Waals surface area (Å²) in [6.45, 7) is 5.36. The molecule has 0 aliphatic carbocycles. The van der Waals surface area contributed by atoms with Crippen molar-refractivity contribution < 1.29 is 9.26 Å². The molecule has 1 fully saturated rings. The van der Waals surface area contributed by atoms with Gasteiger partial charge in [-0.05, 0) is 13.3 Å². The summed E-state index contributed by atoms with van der Waals surface area (Å²) in [6, 6.07) is 0.846. The molecule has 2 rings (SSSR count). The third kappa shape index (κ3) is 3.55. The first-order valence-electron chi connectivity index (χ1n) is 5.64. The van der Waals surface area contributed by atoms with Crippen LogP contribution in [0.1, 0.15) is 19.2 Å². The van der Waals surface area contributed by atoms with Gasteiger partial charge in [0.15, 0.2) is 5.82 Å². The fraction of sp³-hybridized carbons (Fsp3) is 0.800. The summed E-state index contributed by atoms with van der Waals surface area (Å²) in [5.41, 5.74) is 0. The molecule has 0 saturated carbocycles. The van der Waals surface area contributed by atoms with Gasteiger partial charge in [-0.3, -0.25) is 0 Å². The van der Waals surface area contributed by atoms with Gasteiger partial charge in [-0.1, -0.05) is 5.16 Å². The lowest BCUT2D eigenvalue weighted by Crippen LogP contribution is -2.44. The van der Waals surface area contributed by atoms with Crippen LogP contribution in [0.3, 0.4) is 0 Å². The zero-order valence-electron chi connectivity index (χ0n) is 9.48. The average Bonchev–Trinajstić information content (AvgIpc) is 2.81. The molecule has 2 N–H and O–H groups in total. The van der Waals surface area contributed by atoms with Crippen molar-refractivity contribution in [2.75, 3.05) is 19.8 Å². The van der Waals surface area contributed by atoms with Crippen molar-refractivity contribution in [1.29, 1.82) is 0 Å². The number of rotatable bonds is 5. The number of morpholine rings is 1. The second kappa shape index (κ2) is 5.93. The topological polar surface area (TPSA) is 72.2 Å². The maximum absolute atomic E-state index is 5.40. The first-order valence-corrected chi connectivity index (χ1v) is 5.64. The summed E-state index contributed by atoms with van der Waals surface area (Å²) in [7, 11) is 0. The molecule has 1 aromatic rings. The van der Waals surface area contributed by atoms with Crippen LogP contribution >= 0.6 is 0 Å². The van der Waals surface area contributed by atoms with E-state index in [4.69, 9.17) is 4.74 Å². The number of nitrogens with zero attached hydrogens (tertiary/aromatic N) is 2. The van der Waals surface area contributed by atoms with E-state index in [2.05, 4.69) is 32.2 Å². The summed E-state index contributed by atoms with van der Waals surface area (Å²) < 4.78 is 10.1. The molecule has 1 aromatic heterocycles. The largest absolute Gasteiger partial charge is 0.379 e. The normalized spacial score (nSPS) is 23.2. The van der Waals surface area contributed by atoms with Gasteiger partial charge in [-0.25, -0.2) is 0 Å². The van der Waals surface area contributed by atoms with E-state index < -0.39 is 0 Å². The fourth-order valence-electron chi connectivity index (χ4n) is 1.82. The van der Waals surface area contributed by atoms with Gasteiger partial charge in [0.05, 0.1) is 19.8 Å². The Balaban J connectivity index is 1.65. The molecule has 0 bridgehead atoms. The van der Waals surface area contributed by atoms with Crippen LogP contribution < -0.4 is 10.6 Å². The Labute approximate surface area is 94.7 Å². The summed E-state index contributed by atoms with van der Waals surface area (Å²) in [5.74, 6) is 0.694. The van der Waals surface area contributed by atoms with Gasteiger partial charge in [0.2, 0.25) is 6.39 Å². The Bertz CT molecular complexity index is 285. The number of ether oxygens (including phenoxy) is 1. The lowest BCUT2D eigenvalue weighted by atomic mass is 10.1. The van der Waals surface area contributed by atoms with Crippen LogP contribution in [0.25, 0.3) is 0 Å². The summed E-state index contributed by atoms with van der Waals surface area (Å²) in [4.78, 5) is 3.95. The summed E-state index contributed by atoms with van der Waals surface area (Å²) in [6.07, 6.45) is 2.38. The molecule has 0 aromatic carbocycles. The van der Waals surface area contributed by atoms with Gasteiger partial charge in [0, 0.05) is 18.6 Å². The smallest absolute Gasteiger partial charge is 0.213 e. The van der Waals surface area contributed by atoms with E-state index in [1.165, 1.54) is 6.39 Å². The van der Waals surface area contributed by atoms with Crippen molar-refractivity contribution in [2.45, 2.75) is 32.0 Å². The van der Waals surface area contributed by atoms with Crippen molar-refractivity contribution in [3.05, 3.63) is 12.2 Å². The van der Waals surface area contributed by atoms with Crippen LogP contribution in [-0.2, 0) is 11.3 Å². The van der Waals surface area contributed by atoms with Crippen molar-refractivity contribution in [2.24, 2.45) is 0 Å². The molecule has 0 amide bonds. The number of hydrogen-bond donors (Lipinski definition) is 2. The van der Waals surface area contributed by atoms with E-state index in [0.717, 1.165) is 26.2 Å². The molecule has 1 aliphatic rings. The zero-order chi connectivity index (χ0) is 11.2. The minimum absolute atomic E-state index is 0.401. The standard InChI is InChI=1S/C10H18N4O2/c1-8(4-9-6-15-3-2-11-9)12-5-10-13-7-16-14-10/h7-9,11-12H,2-6H2,1H3. The number of nitrogens with one attached hydrogen (secondary N) is 2. The van der Waals surface area contributed by atoms with E-state index in [1.54, 1.807) is 0 Å². The molecular weight excluding hydrogens is 208 g/mol. The lowest BCUT2D eigenvalue weighted by molar-refractivity contribution is 0.0711. The molecule has 0 spiro atoms. The second-order valence-electron chi connectivity index (χ2n) is 4.09. The Kier molecular flexibility index (Phi) is 4.26. The van der Waals surface area contributed by atoms with Gasteiger partial charge in [0.25, 0.3) is 0 Å². The molecule has 1 saturated heterocycles. The minimum Gasteiger partial charge on any atom is -0.379 e. The molecule has 16 heavy (non-hydrogen) atoms. The van der Waals surface area contributed by atoms with E-state index >= 15 is 0 Å². The highest BCUT2D eigenvalue weighted by Gasteiger charge is 2.16. The van der Waals surface area contributed by atoms with Crippen LogP contribution in [0.4, 0.5) is 0 Å². The van der Waals surface area contributed by atoms with E-state index in [9.17, 15) is 0 Å². The van der Waals surface area contributed by atoms with Gasteiger partial charge in [0.1, 0.15) is 0 Å². The third-order valence-electron chi connectivity index (χ3n) is 2.65. The molecular formula is C10H18N4O2. The Morgan fingerprint density at radius 3 is 3.31 bits per heavy atom. The Hall–Kier alpha value is -0.980. The third-order valence-corrected chi connectivity index (χ3v) is 2.65. The van der Waals surface area contributed by atoms with E-state index in [1.807, 2.05) is 0 Å². The first kappa shape index (κ1) is 11.5. The van der Waals surface area contributed by atoms with Crippen LogP contribution in [0.2, 0.25) is 0 Å². The number of aromatic nitrogens is 2. The monoisotopic (exact) mass is 226 g/mol. The fourth-order valence-corrected chi connectivity index (χ4v) is 1.82.